The van der Waals surface area contributed by atoms with Crippen molar-refractivity contribution in [3.8, 4) is 0 Å². The van der Waals surface area contributed by atoms with Gasteiger partial charge in [0.15, 0.2) is 0 Å². The zero-order valence-corrected chi connectivity index (χ0v) is 12.0. The Hall–Kier alpha value is -2.06. The lowest BCUT2D eigenvalue weighted by Crippen LogP contribution is -2.11. The highest BCUT2D eigenvalue weighted by molar-refractivity contribution is 5.78. The molecule has 0 radical (unpaired) electrons. The maximum absolute atomic E-state index is 5.77. The van der Waals surface area contributed by atoms with E-state index < -0.39 is 0 Å². The number of ether oxygens (including phenoxy) is 2. The fraction of sp³-hybridized carbons (Fsp3) is 0.222. The molecule has 0 aliphatic rings. The second kappa shape index (κ2) is 7.51. The van der Waals surface area contributed by atoms with Crippen molar-refractivity contribution in [2.75, 3.05) is 13.7 Å². The Kier molecular flexibility index (Phi) is 5.39. The van der Waals surface area contributed by atoms with Crippen molar-refractivity contribution < 1.29 is 9.47 Å². The first-order valence-corrected chi connectivity index (χ1v) is 6.76. The fourth-order valence-electron chi connectivity index (χ4n) is 2.00. The van der Waals surface area contributed by atoms with Crippen LogP contribution in [-0.4, -0.2) is 19.8 Å². The van der Waals surface area contributed by atoms with Gasteiger partial charge >= 0.3 is 0 Å². The summed E-state index contributed by atoms with van der Waals surface area (Å²) in [4.78, 5) is 0. The van der Waals surface area contributed by atoms with Crippen molar-refractivity contribution >= 4 is 5.57 Å². The van der Waals surface area contributed by atoms with Gasteiger partial charge in [-0.2, -0.15) is 0 Å². The molecule has 0 fully saturated rings. The number of rotatable bonds is 6. The maximum Gasteiger partial charge on any atom is 0.118 e. The molecule has 1 unspecified atom stereocenters. The van der Waals surface area contributed by atoms with Crippen LogP contribution in [0.15, 0.2) is 66.9 Å². The van der Waals surface area contributed by atoms with E-state index in [1.54, 1.807) is 7.11 Å². The molecule has 0 aliphatic heterocycles. The molecule has 0 aliphatic carbocycles. The summed E-state index contributed by atoms with van der Waals surface area (Å²) in [7, 11) is 1.68. The van der Waals surface area contributed by atoms with Crippen LogP contribution in [0.2, 0.25) is 0 Å². The van der Waals surface area contributed by atoms with Crippen LogP contribution in [0.5, 0.6) is 0 Å². The first kappa shape index (κ1) is 14.4. The SMILES string of the molecule is COCC(C)OC=C(c1ccccc1)c1ccccc1. The van der Waals surface area contributed by atoms with Crippen molar-refractivity contribution in [3.05, 3.63) is 78.1 Å². The van der Waals surface area contributed by atoms with Crippen molar-refractivity contribution in [1.29, 1.82) is 0 Å². The summed E-state index contributed by atoms with van der Waals surface area (Å²) in [6.07, 6.45) is 1.86. The summed E-state index contributed by atoms with van der Waals surface area (Å²) in [5.74, 6) is 0. The highest BCUT2D eigenvalue weighted by Crippen LogP contribution is 2.23. The largest absolute Gasteiger partial charge is 0.495 e. The van der Waals surface area contributed by atoms with Gasteiger partial charge in [-0.15, -0.1) is 0 Å². The number of methoxy groups -OCH3 is 1. The summed E-state index contributed by atoms with van der Waals surface area (Å²) in [6.45, 7) is 2.57. The molecule has 0 N–H and O–H groups in total. The van der Waals surface area contributed by atoms with Gasteiger partial charge < -0.3 is 9.47 Å². The zero-order valence-electron chi connectivity index (χ0n) is 12.0. The third kappa shape index (κ3) is 3.97. The lowest BCUT2D eigenvalue weighted by Gasteiger charge is -2.13. The standard InChI is InChI=1S/C18H20O2/c1-15(13-19-2)20-14-18(16-9-5-3-6-10-16)17-11-7-4-8-12-17/h3-12,14-15H,13H2,1-2H3. The second-order valence-electron chi connectivity index (χ2n) is 4.67. The van der Waals surface area contributed by atoms with E-state index in [1.807, 2.05) is 49.6 Å². The Morgan fingerprint density at radius 2 is 1.45 bits per heavy atom. The van der Waals surface area contributed by atoms with Gasteiger partial charge in [0, 0.05) is 12.7 Å². The number of benzene rings is 2. The third-order valence-corrected chi connectivity index (χ3v) is 2.99. The highest BCUT2D eigenvalue weighted by Gasteiger charge is 2.06. The molecule has 1 atom stereocenters. The normalized spacial score (nSPS) is 11.7. The molecule has 0 spiro atoms. The van der Waals surface area contributed by atoms with Gasteiger partial charge in [0.2, 0.25) is 0 Å². The van der Waals surface area contributed by atoms with Gasteiger partial charge in [0.25, 0.3) is 0 Å². The monoisotopic (exact) mass is 268 g/mol. The molecule has 2 aromatic carbocycles. The molecule has 0 bridgehead atoms. The summed E-state index contributed by atoms with van der Waals surface area (Å²) in [5.41, 5.74) is 3.36. The van der Waals surface area contributed by atoms with Gasteiger partial charge in [-0.3, -0.25) is 0 Å². The second-order valence-corrected chi connectivity index (χ2v) is 4.67. The molecule has 0 saturated carbocycles. The minimum absolute atomic E-state index is 0.0300. The van der Waals surface area contributed by atoms with Gasteiger partial charge in [0.05, 0.1) is 12.9 Å². The summed E-state index contributed by atoms with van der Waals surface area (Å²) in [5, 5.41) is 0. The molecule has 104 valence electrons. The van der Waals surface area contributed by atoms with E-state index >= 15 is 0 Å². The van der Waals surface area contributed by atoms with Crippen LogP contribution in [0.25, 0.3) is 5.57 Å². The molecular formula is C18H20O2. The Morgan fingerprint density at radius 1 is 0.950 bits per heavy atom. The van der Waals surface area contributed by atoms with Crippen molar-refractivity contribution in [3.63, 3.8) is 0 Å². The number of hydrogen-bond acceptors (Lipinski definition) is 2. The van der Waals surface area contributed by atoms with Crippen molar-refractivity contribution in [2.24, 2.45) is 0 Å². The summed E-state index contributed by atoms with van der Waals surface area (Å²) < 4.78 is 10.9. The Labute approximate surface area is 120 Å². The van der Waals surface area contributed by atoms with E-state index in [4.69, 9.17) is 9.47 Å². The van der Waals surface area contributed by atoms with E-state index in [-0.39, 0.29) is 6.10 Å². The van der Waals surface area contributed by atoms with Crippen LogP contribution >= 0.6 is 0 Å². The van der Waals surface area contributed by atoms with Crippen LogP contribution in [-0.2, 0) is 9.47 Å². The van der Waals surface area contributed by atoms with Crippen molar-refractivity contribution in [1.82, 2.24) is 0 Å². The quantitative estimate of drug-likeness (QED) is 0.733. The highest BCUT2D eigenvalue weighted by atomic mass is 16.5. The minimum Gasteiger partial charge on any atom is -0.495 e. The summed E-state index contributed by atoms with van der Waals surface area (Å²) >= 11 is 0. The van der Waals surface area contributed by atoms with E-state index in [9.17, 15) is 0 Å². The van der Waals surface area contributed by atoms with Gasteiger partial charge in [0.1, 0.15) is 6.10 Å². The van der Waals surface area contributed by atoms with E-state index in [1.165, 1.54) is 0 Å². The van der Waals surface area contributed by atoms with Crippen LogP contribution < -0.4 is 0 Å². The Morgan fingerprint density at radius 3 is 1.90 bits per heavy atom. The summed E-state index contributed by atoms with van der Waals surface area (Å²) in [6, 6.07) is 20.5. The average Bonchev–Trinajstić information content (AvgIpc) is 2.50. The average molecular weight is 268 g/mol. The minimum atomic E-state index is 0.0300. The molecule has 0 amide bonds. The predicted octanol–water partition coefficient (Wildman–Crippen LogP) is 4.13. The van der Waals surface area contributed by atoms with Crippen LogP contribution in [0, 0.1) is 0 Å². The molecule has 2 aromatic rings. The Bertz CT molecular complexity index is 490. The molecule has 2 rings (SSSR count). The number of hydrogen-bond donors (Lipinski definition) is 0. The zero-order chi connectivity index (χ0) is 14.2. The van der Waals surface area contributed by atoms with Crippen LogP contribution in [0.4, 0.5) is 0 Å². The smallest absolute Gasteiger partial charge is 0.118 e. The predicted molar refractivity (Wildman–Crippen MR) is 82.4 cm³/mol. The van der Waals surface area contributed by atoms with E-state index in [2.05, 4.69) is 24.3 Å². The van der Waals surface area contributed by atoms with E-state index in [0.29, 0.717) is 6.61 Å². The maximum atomic E-state index is 5.77. The molecule has 0 saturated heterocycles. The fourth-order valence-corrected chi connectivity index (χ4v) is 2.00. The third-order valence-electron chi connectivity index (χ3n) is 2.99. The topological polar surface area (TPSA) is 18.5 Å². The van der Waals surface area contributed by atoms with E-state index in [0.717, 1.165) is 16.7 Å². The molecule has 0 aromatic heterocycles. The van der Waals surface area contributed by atoms with Gasteiger partial charge in [-0.25, -0.2) is 0 Å². The molecule has 2 heteroatoms. The lowest BCUT2D eigenvalue weighted by molar-refractivity contribution is 0.0639. The van der Waals surface area contributed by atoms with Crippen LogP contribution in [0.1, 0.15) is 18.1 Å². The molecule has 20 heavy (non-hydrogen) atoms. The van der Waals surface area contributed by atoms with Crippen molar-refractivity contribution in [2.45, 2.75) is 13.0 Å². The molecular weight excluding hydrogens is 248 g/mol. The van der Waals surface area contributed by atoms with Crippen LogP contribution in [0.3, 0.4) is 0 Å². The molecule has 0 heterocycles. The van der Waals surface area contributed by atoms with Gasteiger partial charge in [-0.1, -0.05) is 60.7 Å². The Balaban J connectivity index is 2.28. The lowest BCUT2D eigenvalue weighted by atomic mass is 9.99. The first-order valence-electron chi connectivity index (χ1n) is 6.76. The van der Waals surface area contributed by atoms with Gasteiger partial charge in [-0.05, 0) is 18.1 Å². The molecule has 2 nitrogen and oxygen atoms in total. The first-order chi connectivity index (χ1) is 9.81.